The molecule has 0 unspecified atom stereocenters. The number of aromatic nitrogens is 1. The van der Waals surface area contributed by atoms with Crippen LogP contribution in [0.15, 0.2) is 0 Å². The van der Waals surface area contributed by atoms with E-state index in [1.165, 1.54) is 11.3 Å². The van der Waals surface area contributed by atoms with E-state index in [-0.39, 0.29) is 11.9 Å². The van der Waals surface area contributed by atoms with Crippen molar-refractivity contribution in [2.24, 2.45) is 0 Å². The number of likely N-dealkylation sites (N-methyl/N-ethyl adjacent to an activating group) is 1. The zero-order valence-corrected chi connectivity index (χ0v) is 11.0. The SMILES string of the molecule is Cc1nc(C)c(C(=O)N(C)[C@@H]2CNC[C@H]2O)s1. The zero-order valence-electron chi connectivity index (χ0n) is 10.2. The molecule has 94 valence electrons. The van der Waals surface area contributed by atoms with E-state index in [2.05, 4.69) is 10.3 Å². The normalized spacial score (nSPS) is 24.0. The van der Waals surface area contributed by atoms with E-state index < -0.39 is 6.10 Å². The van der Waals surface area contributed by atoms with E-state index in [0.29, 0.717) is 18.0 Å². The van der Waals surface area contributed by atoms with Gasteiger partial charge in [-0.25, -0.2) is 4.98 Å². The van der Waals surface area contributed by atoms with Crippen LogP contribution in [0.3, 0.4) is 0 Å². The maximum Gasteiger partial charge on any atom is 0.265 e. The molecular weight excluding hydrogens is 238 g/mol. The molecule has 1 saturated heterocycles. The topological polar surface area (TPSA) is 65.5 Å². The Labute approximate surface area is 104 Å². The summed E-state index contributed by atoms with van der Waals surface area (Å²) in [5.74, 6) is -0.0548. The Hall–Kier alpha value is -0.980. The minimum atomic E-state index is -0.488. The first-order chi connectivity index (χ1) is 8.00. The van der Waals surface area contributed by atoms with Gasteiger partial charge in [-0.2, -0.15) is 0 Å². The number of nitrogens with zero attached hydrogens (tertiary/aromatic N) is 2. The van der Waals surface area contributed by atoms with Crippen molar-refractivity contribution in [3.05, 3.63) is 15.6 Å². The number of nitrogens with one attached hydrogen (secondary N) is 1. The molecule has 0 aliphatic carbocycles. The average molecular weight is 255 g/mol. The van der Waals surface area contributed by atoms with Crippen LogP contribution in [0.2, 0.25) is 0 Å². The van der Waals surface area contributed by atoms with Crippen molar-refractivity contribution in [3.8, 4) is 0 Å². The highest BCUT2D eigenvalue weighted by Crippen LogP contribution is 2.20. The van der Waals surface area contributed by atoms with Gasteiger partial charge in [0.25, 0.3) is 5.91 Å². The van der Waals surface area contributed by atoms with Gasteiger partial charge in [0.1, 0.15) is 4.88 Å². The highest BCUT2D eigenvalue weighted by Gasteiger charge is 2.32. The fourth-order valence-electron chi connectivity index (χ4n) is 2.09. The minimum absolute atomic E-state index is 0.0548. The monoisotopic (exact) mass is 255 g/mol. The molecule has 2 atom stereocenters. The van der Waals surface area contributed by atoms with Crippen molar-refractivity contribution < 1.29 is 9.90 Å². The van der Waals surface area contributed by atoms with Crippen LogP contribution in [0.4, 0.5) is 0 Å². The third kappa shape index (κ3) is 2.34. The number of aliphatic hydroxyl groups is 1. The van der Waals surface area contributed by atoms with Gasteiger partial charge in [0, 0.05) is 20.1 Å². The highest BCUT2D eigenvalue weighted by atomic mass is 32.1. The van der Waals surface area contributed by atoms with E-state index in [1.54, 1.807) is 11.9 Å². The van der Waals surface area contributed by atoms with Gasteiger partial charge < -0.3 is 15.3 Å². The van der Waals surface area contributed by atoms with Crippen LogP contribution < -0.4 is 5.32 Å². The van der Waals surface area contributed by atoms with Crippen LogP contribution in [0.1, 0.15) is 20.4 Å². The molecule has 1 aromatic rings. The summed E-state index contributed by atoms with van der Waals surface area (Å²) in [5, 5.41) is 13.7. The number of amides is 1. The van der Waals surface area contributed by atoms with Crippen LogP contribution in [0.25, 0.3) is 0 Å². The molecule has 0 bridgehead atoms. The van der Waals surface area contributed by atoms with E-state index in [1.807, 2.05) is 13.8 Å². The third-order valence-corrected chi connectivity index (χ3v) is 4.13. The second-order valence-corrected chi connectivity index (χ2v) is 5.56. The van der Waals surface area contributed by atoms with Crippen LogP contribution in [-0.4, -0.2) is 53.2 Å². The van der Waals surface area contributed by atoms with E-state index >= 15 is 0 Å². The number of carbonyl (C=O) groups is 1. The largest absolute Gasteiger partial charge is 0.390 e. The molecule has 2 N–H and O–H groups in total. The molecule has 0 spiro atoms. The molecule has 6 heteroatoms. The summed E-state index contributed by atoms with van der Waals surface area (Å²) in [4.78, 5) is 18.8. The van der Waals surface area contributed by atoms with Gasteiger partial charge in [-0.15, -0.1) is 11.3 Å². The number of hydrogen-bond acceptors (Lipinski definition) is 5. The van der Waals surface area contributed by atoms with E-state index in [9.17, 15) is 9.90 Å². The summed E-state index contributed by atoms with van der Waals surface area (Å²) in [6, 6.07) is -0.149. The molecule has 1 fully saturated rings. The number of thiazole rings is 1. The first kappa shape index (κ1) is 12.5. The molecule has 1 aliphatic rings. The van der Waals surface area contributed by atoms with Crippen molar-refractivity contribution in [3.63, 3.8) is 0 Å². The first-order valence-electron chi connectivity index (χ1n) is 5.60. The standard InChI is InChI=1S/C11H17N3O2S/c1-6-10(17-7(2)13-6)11(16)14(3)8-4-12-5-9(8)15/h8-9,12,15H,4-5H2,1-3H3/t8-,9-/m1/s1. The molecule has 0 radical (unpaired) electrons. The molecule has 2 heterocycles. The van der Waals surface area contributed by atoms with E-state index in [4.69, 9.17) is 0 Å². The maximum absolute atomic E-state index is 12.3. The predicted molar refractivity (Wildman–Crippen MR) is 66.3 cm³/mol. The zero-order chi connectivity index (χ0) is 12.6. The number of carbonyl (C=O) groups excluding carboxylic acids is 1. The van der Waals surface area contributed by atoms with Crippen molar-refractivity contribution >= 4 is 17.2 Å². The van der Waals surface area contributed by atoms with Crippen LogP contribution >= 0.6 is 11.3 Å². The molecule has 17 heavy (non-hydrogen) atoms. The predicted octanol–water partition coefficient (Wildman–Crippen LogP) is 0.165. The second kappa shape index (κ2) is 4.72. The molecule has 0 aromatic carbocycles. The Morgan fingerprint density at radius 3 is 2.71 bits per heavy atom. The molecule has 1 amide bonds. The van der Waals surface area contributed by atoms with Crippen LogP contribution in [0.5, 0.6) is 0 Å². The molecule has 1 aromatic heterocycles. The van der Waals surface area contributed by atoms with Gasteiger partial charge in [-0.3, -0.25) is 4.79 Å². The van der Waals surface area contributed by atoms with Gasteiger partial charge in [0.15, 0.2) is 0 Å². The maximum atomic E-state index is 12.3. The fraction of sp³-hybridized carbons (Fsp3) is 0.636. The summed E-state index contributed by atoms with van der Waals surface area (Å²) in [7, 11) is 1.73. The third-order valence-electron chi connectivity index (χ3n) is 3.07. The summed E-state index contributed by atoms with van der Waals surface area (Å²) in [5.41, 5.74) is 0.768. The molecule has 0 saturated carbocycles. The summed E-state index contributed by atoms with van der Waals surface area (Å²) >= 11 is 1.41. The van der Waals surface area contributed by atoms with Crippen molar-refractivity contribution in [2.75, 3.05) is 20.1 Å². The Balaban J connectivity index is 2.17. The Morgan fingerprint density at radius 1 is 1.53 bits per heavy atom. The smallest absolute Gasteiger partial charge is 0.265 e. The Morgan fingerprint density at radius 2 is 2.24 bits per heavy atom. The molecule has 1 aliphatic heterocycles. The van der Waals surface area contributed by atoms with E-state index in [0.717, 1.165) is 10.7 Å². The molecule has 2 rings (SSSR count). The number of hydrogen-bond donors (Lipinski definition) is 2. The van der Waals surface area contributed by atoms with Crippen molar-refractivity contribution in [2.45, 2.75) is 26.0 Å². The highest BCUT2D eigenvalue weighted by molar-refractivity contribution is 7.13. The summed E-state index contributed by atoms with van der Waals surface area (Å²) in [6.07, 6.45) is -0.488. The lowest BCUT2D eigenvalue weighted by Crippen LogP contribution is -2.44. The van der Waals surface area contributed by atoms with Crippen molar-refractivity contribution in [1.82, 2.24) is 15.2 Å². The summed E-state index contributed by atoms with van der Waals surface area (Å²) < 4.78 is 0. The first-order valence-corrected chi connectivity index (χ1v) is 6.42. The quantitative estimate of drug-likeness (QED) is 0.790. The van der Waals surface area contributed by atoms with Crippen LogP contribution in [-0.2, 0) is 0 Å². The van der Waals surface area contributed by atoms with Crippen LogP contribution in [0, 0.1) is 13.8 Å². The Bertz CT molecular complexity index is 432. The number of rotatable bonds is 2. The number of β-amino-alcohol motifs (C(OH)–C–C–N with tert-alkyl or cyclic N) is 1. The Kier molecular flexibility index (Phi) is 3.46. The molecule has 5 nitrogen and oxygen atoms in total. The lowest BCUT2D eigenvalue weighted by atomic mass is 10.2. The number of aliphatic hydroxyl groups excluding tert-OH is 1. The van der Waals surface area contributed by atoms with Gasteiger partial charge in [-0.05, 0) is 13.8 Å². The second-order valence-electron chi connectivity index (χ2n) is 4.36. The lowest BCUT2D eigenvalue weighted by Gasteiger charge is -2.26. The van der Waals surface area contributed by atoms with Gasteiger partial charge in [0.2, 0.25) is 0 Å². The van der Waals surface area contributed by atoms with Gasteiger partial charge in [-0.1, -0.05) is 0 Å². The van der Waals surface area contributed by atoms with Crippen molar-refractivity contribution in [1.29, 1.82) is 0 Å². The fourth-order valence-corrected chi connectivity index (χ4v) is 2.99. The van der Waals surface area contributed by atoms with Gasteiger partial charge in [0.05, 0.1) is 22.8 Å². The number of aryl methyl sites for hydroxylation is 2. The van der Waals surface area contributed by atoms with Gasteiger partial charge >= 0.3 is 0 Å². The summed E-state index contributed by atoms with van der Waals surface area (Å²) in [6.45, 7) is 4.91. The lowest BCUT2D eigenvalue weighted by molar-refractivity contribution is 0.0585. The molecular formula is C11H17N3O2S. The average Bonchev–Trinajstić information content (AvgIpc) is 2.82. The minimum Gasteiger partial charge on any atom is -0.390 e.